The number of aliphatic hydroxyl groups is 8. The smallest absolute Gasteiger partial charge is 0.239 e. The van der Waals surface area contributed by atoms with E-state index in [1.807, 2.05) is 0 Å². The molecule has 0 radical (unpaired) electrons. The molecule has 20 heteroatoms. The summed E-state index contributed by atoms with van der Waals surface area (Å²) in [4.78, 5) is 13.7. The molecule has 4 heterocycles. The van der Waals surface area contributed by atoms with Crippen molar-refractivity contribution in [1.29, 1.82) is 0 Å². The third-order valence-electron chi connectivity index (χ3n) is 9.24. The van der Waals surface area contributed by atoms with E-state index in [1.165, 1.54) is 32.2 Å². The molecule has 3 fully saturated rings. The Morgan fingerprint density at radius 3 is 2.15 bits per heavy atom. The molecule has 11 N–H and O–H groups in total. The molecule has 292 valence electrons. The van der Waals surface area contributed by atoms with Gasteiger partial charge in [-0.3, -0.25) is 4.79 Å². The minimum atomic E-state index is -1.97. The Bertz CT molecular complexity index is 1820. The molecule has 53 heavy (non-hydrogen) atoms. The number of methoxy groups -OCH3 is 1. The van der Waals surface area contributed by atoms with E-state index >= 15 is 0 Å². The fourth-order valence-electron chi connectivity index (χ4n) is 6.17. The molecular weight excluding hydrogens is 716 g/mol. The van der Waals surface area contributed by atoms with E-state index in [0.29, 0.717) is 0 Å². The summed E-state index contributed by atoms with van der Waals surface area (Å²) in [7, 11) is 1.28. The number of phenols is 3. The van der Waals surface area contributed by atoms with E-state index < -0.39 is 127 Å². The van der Waals surface area contributed by atoms with Gasteiger partial charge in [0.1, 0.15) is 83.5 Å². The van der Waals surface area contributed by atoms with Crippen molar-refractivity contribution in [2.75, 3.05) is 20.3 Å². The number of fused-ring (bicyclic) bond motifs is 1. The summed E-state index contributed by atoms with van der Waals surface area (Å²) in [5.74, 6) is -2.29. The SMILES string of the molecule is COc1cc(-c2oc3cc(O)cc(O)c3c(=O)c2OC2OCC(OC3OC(COC4OC(C)C(O)C(O)C4O)C(O)C(O)C3O)C(O)C2O)ccc1O. The zero-order valence-electron chi connectivity index (χ0n) is 28.0. The summed E-state index contributed by atoms with van der Waals surface area (Å²) >= 11 is 0. The first kappa shape index (κ1) is 38.8. The second kappa shape index (κ2) is 15.5. The normalized spacial score (nSPS) is 36.3. The van der Waals surface area contributed by atoms with Crippen molar-refractivity contribution >= 4 is 11.0 Å². The first-order valence-corrected chi connectivity index (χ1v) is 16.3. The van der Waals surface area contributed by atoms with E-state index in [0.717, 1.165) is 12.1 Å². The number of aliphatic hydroxyl groups excluding tert-OH is 8. The summed E-state index contributed by atoms with van der Waals surface area (Å²) in [6.45, 7) is 0.271. The molecule has 3 saturated heterocycles. The van der Waals surface area contributed by atoms with Crippen LogP contribution >= 0.6 is 0 Å². The van der Waals surface area contributed by atoms with Gasteiger partial charge >= 0.3 is 0 Å². The number of aromatic hydroxyl groups is 3. The van der Waals surface area contributed by atoms with Crippen molar-refractivity contribution in [2.24, 2.45) is 0 Å². The molecule has 0 aliphatic carbocycles. The van der Waals surface area contributed by atoms with Crippen molar-refractivity contribution < 1.29 is 93.7 Å². The Labute approximate surface area is 298 Å². The molecule has 14 atom stereocenters. The van der Waals surface area contributed by atoms with Gasteiger partial charge in [-0.15, -0.1) is 0 Å². The number of benzene rings is 2. The molecule has 3 aliphatic rings. The average Bonchev–Trinajstić information content (AvgIpc) is 3.12. The highest BCUT2D eigenvalue weighted by atomic mass is 16.7. The van der Waals surface area contributed by atoms with Gasteiger partial charge in [-0.25, -0.2) is 0 Å². The highest BCUT2D eigenvalue weighted by molar-refractivity contribution is 5.88. The third-order valence-corrected chi connectivity index (χ3v) is 9.24. The van der Waals surface area contributed by atoms with Gasteiger partial charge in [0.2, 0.25) is 17.5 Å². The molecular formula is C33H40O20. The summed E-state index contributed by atoms with van der Waals surface area (Å²) < 4.78 is 44.4. The average molecular weight is 757 g/mol. The van der Waals surface area contributed by atoms with E-state index in [-0.39, 0.29) is 28.4 Å². The lowest BCUT2D eigenvalue weighted by molar-refractivity contribution is -0.349. The van der Waals surface area contributed by atoms with Crippen LogP contribution < -0.4 is 14.9 Å². The molecule has 14 unspecified atom stereocenters. The molecule has 0 amide bonds. The van der Waals surface area contributed by atoms with Gasteiger partial charge in [0.15, 0.2) is 29.8 Å². The topological polar surface area (TPSA) is 317 Å². The van der Waals surface area contributed by atoms with Crippen LogP contribution in [0, 0.1) is 0 Å². The van der Waals surface area contributed by atoms with Crippen LogP contribution in [0.4, 0.5) is 0 Å². The zero-order valence-corrected chi connectivity index (χ0v) is 28.0. The van der Waals surface area contributed by atoms with Crippen molar-refractivity contribution in [2.45, 2.75) is 92.9 Å². The van der Waals surface area contributed by atoms with Crippen molar-refractivity contribution in [3.8, 4) is 40.1 Å². The largest absolute Gasteiger partial charge is 0.508 e. The van der Waals surface area contributed by atoms with Gasteiger partial charge in [0.25, 0.3) is 0 Å². The van der Waals surface area contributed by atoms with Crippen LogP contribution in [0.5, 0.6) is 28.7 Å². The molecule has 2 aromatic carbocycles. The Morgan fingerprint density at radius 2 is 1.43 bits per heavy atom. The van der Waals surface area contributed by atoms with E-state index in [2.05, 4.69) is 0 Å². The third kappa shape index (κ3) is 7.47. The number of ether oxygens (including phenoxy) is 7. The standard InChI is InChI=1S/C33H40O20/c1-10-20(37)24(41)27(44)31(49-10)47-8-17-21(38)25(42)28(45)33(51-17)52-18-9-48-32(26(43)22(18)39)53-30-23(40)19-14(36)6-12(34)7-16(19)50-29(30)11-3-4-13(35)15(5-11)46-2/h3-7,10,17-18,20-22,24-28,31-39,41-45H,8-9H2,1-2H3. The Kier molecular flexibility index (Phi) is 11.3. The van der Waals surface area contributed by atoms with Crippen LogP contribution in [0.1, 0.15) is 6.92 Å². The molecule has 0 spiro atoms. The lowest BCUT2D eigenvalue weighted by Gasteiger charge is -2.44. The van der Waals surface area contributed by atoms with E-state index in [9.17, 15) is 61.0 Å². The highest BCUT2D eigenvalue weighted by Gasteiger charge is 2.49. The maximum Gasteiger partial charge on any atom is 0.239 e. The van der Waals surface area contributed by atoms with Gasteiger partial charge in [0, 0.05) is 17.7 Å². The number of rotatable bonds is 9. The Hall–Kier alpha value is -3.87. The molecule has 3 aliphatic heterocycles. The number of hydrogen-bond donors (Lipinski definition) is 11. The van der Waals surface area contributed by atoms with Gasteiger partial charge in [-0.05, 0) is 25.1 Å². The minimum Gasteiger partial charge on any atom is -0.508 e. The molecule has 1 aromatic heterocycles. The summed E-state index contributed by atoms with van der Waals surface area (Å²) in [5.41, 5.74) is -1.12. The monoisotopic (exact) mass is 756 g/mol. The number of hydrogen-bond acceptors (Lipinski definition) is 20. The zero-order chi connectivity index (χ0) is 38.5. The predicted molar refractivity (Wildman–Crippen MR) is 172 cm³/mol. The maximum atomic E-state index is 13.7. The first-order valence-electron chi connectivity index (χ1n) is 16.3. The molecule has 0 bridgehead atoms. The molecule has 20 nitrogen and oxygen atoms in total. The van der Waals surface area contributed by atoms with E-state index in [4.69, 9.17) is 37.6 Å². The van der Waals surface area contributed by atoms with Crippen LogP contribution in [0.3, 0.4) is 0 Å². The van der Waals surface area contributed by atoms with Crippen LogP contribution in [-0.2, 0) is 23.7 Å². The second-order valence-electron chi connectivity index (χ2n) is 12.8. The van der Waals surface area contributed by atoms with Crippen LogP contribution in [0.15, 0.2) is 39.5 Å². The van der Waals surface area contributed by atoms with E-state index in [1.54, 1.807) is 0 Å². The molecule has 6 rings (SSSR count). The van der Waals surface area contributed by atoms with Crippen LogP contribution in [0.2, 0.25) is 0 Å². The molecule has 3 aromatic rings. The maximum absolute atomic E-state index is 13.7. The van der Waals surface area contributed by atoms with Crippen molar-refractivity contribution in [3.05, 3.63) is 40.6 Å². The number of phenolic OH excluding ortho intramolecular Hbond substituents is 3. The first-order chi connectivity index (χ1) is 25.1. The Balaban J connectivity index is 1.19. The highest BCUT2D eigenvalue weighted by Crippen LogP contribution is 2.40. The lowest BCUT2D eigenvalue weighted by atomic mass is 9.98. The fourth-order valence-corrected chi connectivity index (χ4v) is 6.17. The van der Waals surface area contributed by atoms with Gasteiger partial charge < -0.3 is 93.7 Å². The van der Waals surface area contributed by atoms with Crippen molar-refractivity contribution in [3.63, 3.8) is 0 Å². The Morgan fingerprint density at radius 1 is 0.755 bits per heavy atom. The predicted octanol–water partition coefficient (Wildman–Crippen LogP) is -2.92. The summed E-state index contributed by atoms with van der Waals surface area (Å²) in [6.07, 6.45) is -22.9. The fraction of sp³-hybridized carbons (Fsp3) is 0.545. The summed E-state index contributed by atoms with van der Waals surface area (Å²) in [6, 6.07) is 5.82. The van der Waals surface area contributed by atoms with Crippen LogP contribution in [0.25, 0.3) is 22.3 Å². The van der Waals surface area contributed by atoms with Gasteiger partial charge in [-0.2, -0.15) is 0 Å². The van der Waals surface area contributed by atoms with Crippen molar-refractivity contribution in [1.82, 2.24) is 0 Å². The summed E-state index contributed by atoms with van der Waals surface area (Å²) in [5, 5.41) is 114. The second-order valence-corrected chi connectivity index (χ2v) is 12.8. The lowest BCUT2D eigenvalue weighted by Crippen LogP contribution is -2.63. The molecule has 0 saturated carbocycles. The van der Waals surface area contributed by atoms with Gasteiger partial charge in [-0.1, -0.05) is 0 Å². The quantitative estimate of drug-likeness (QED) is 0.104. The van der Waals surface area contributed by atoms with Gasteiger partial charge in [0.05, 0.1) is 26.4 Å². The minimum absolute atomic E-state index is 0.0222. The van der Waals surface area contributed by atoms with Crippen LogP contribution in [-0.4, -0.2) is 163 Å².